The molecule has 1 atom stereocenters. The van der Waals surface area contributed by atoms with Crippen molar-refractivity contribution in [1.29, 1.82) is 0 Å². The van der Waals surface area contributed by atoms with Crippen LogP contribution in [0.1, 0.15) is 39.0 Å². The second-order valence-electron chi connectivity index (χ2n) is 8.21. The van der Waals surface area contributed by atoms with Crippen LogP contribution >= 0.6 is 11.8 Å². The molecule has 6 heteroatoms. The molecule has 2 aromatic carbocycles. The molecule has 30 heavy (non-hydrogen) atoms. The van der Waals surface area contributed by atoms with Crippen LogP contribution in [0.5, 0.6) is 11.6 Å². The van der Waals surface area contributed by atoms with E-state index >= 15 is 0 Å². The normalized spacial score (nSPS) is 12.5. The van der Waals surface area contributed by atoms with Crippen molar-refractivity contribution in [3.8, 4) is 11.6 Å². The molecule has 5 nitrogen and oxygen atoms in total. The van der Waals surface area contributed by atoms with Crippen LogP contribution in [0.3, 0.4) is 0 Å². The number of hydrogen-bond acceptors (Lipinski definition) is 5. The van der Waals surface area contributed by atoms with Crippen LogP contribution in [-0.4, -0.2) is 21.9 Å². The van der Waals surface area contributed by atoms with E-state index in [1.54, 1.807) is 23.4 Å². The second kappa shape index (κ2) is 8.96. The fourth-order valence-electron chi connectivity index (χ4n) is 2.81. The Balaban J connectivity index is 1.89. The summed E-state index contributed by atoms with van der Waals surface area (Å²) in [4.78, 5) is 14.7. The second-order valence-corrected chi connectivity index (χ2v) is 9.30. The van der Waals surface area contributed by atoms with Gasteiger partial charge in [-0.25, -0.2) is 9.48 Å². The van der Waals surface area contributed by atoms with Gasteiger partial charge in [-0.2, -0.15) is 5.10 Å². The largest absolute Gasteiger partial charge is 0.479 e. The summed E-state index contributed by atoms with van der Waals surface area (Å²) in [7, 11) is 0. The predicted molar refractivity (Wildman–Crippen MR) is 119 cm³/mol. The molecule has 3 aromatic rings. The van der Waals surface area contributed by atoms with Crippen LogP contribution in [0.2, 0.25) is 0 Å². The summed E-state index contributed by atoms with van der Waals surface area (Å²) in [6.45, 7) is 11.8. The highest BCUT2D eigenvalue weighted by molar-refractivity contribution is 7.99. The topological polar surface area (TPSA) is 53.4 Å². The van der Waals surface area contributed by atoms with E-state index in [1.165, 1.54) is 5.56 Å². The van der Waals surface area contributed by atoms with Crippen LogP contribution in [0.15, 0.2) is 64.4 Å². The van der Waals surface area contributed by atoms with Gasteiger partial charge in [0.2, 0.25) is 5.88 Å². The monoisotopic (exact) mass is 424 g/mol. The molecule has 0 fully saturated rings. The summed E-state index contributed by atoms with van der Waals surface area (Å²) >= 11 is 1.54. The molecular formula is C24H28N2O3S. The van der Waals surface area contributed by atoms with E-state index in [4.69, 9.17) is 9.47 Å². The molecule has 0 radical (unpaired) electrons. The minimum absolute atomic E-state index is 0.351. The van der Waals surface area contributed by atoms with E-state index in [2.05, 4.69) is 36.3 Å². The Morgan fingerprint density at radius 2 is 1.67 bits per heavy atom. The summed E-state index contributed by atoms with van der Waals surface area (Å²) in [6, 6.07) is 17.5. The number of esters is 1. The standard InChI is InChI=1S/C24H28N2O3S/c1-16-12-14-20(15-13-16)30-21-17(2)25-26(24(4,5)6)22(21)29-23(27)18(3)28-19-10-8-7-9-11-19/h7-15,18H,1-6H3/t18-/m1/s1. The number of carbonyl (C=O) groups excluding carboxylic acids is 1. The summed E-state index contributed by atoms with van der Waals surface area (Å²) in [5.41, 5.74) is 1.66. The van der Waals surface area contributed by atoms with E-state index in [9.17, 15) is 4.79 Å². The first kappa shape index (κ1) is 22.0. The average molecular weight is 425 g/mol. The van der Waals surface area contributed by atoms with Crippen LogP contribution in [0, 0.1) is 13.8 Å². The van der Waals surface area contributed by atoms with E-state index < -0.39 is 12.1 Å². The van der Waals surface area contributed by atoms with Crippen LogP contribution < -0.4 is 9.47 Å². The van der Waals surface area contributed by atoms with Gasteiger partial charge >= 0.3 is 5.97 Å². The van der Waals surface area contributed by atoms with Crippen LogP contribution in [0.25, 0.3) is 0 Å². The lowest BCUT2D eigenvalue weighted by Gasteiger charge is -2.23. The molecule has 0 N–H and O–H groups in total. The smallest absolute Gasteiger partial charge is 0.353 e. The van der Waals surface area contributed by atoms with E-state index in [1.807, 2.05) is 58.0 Å². The van der Waals surface area contributed by atoms with Gasteiger partial charge in [0.25, 0.3) is 0 Å². The fraction of sp³-hybridized carbons (Fsp3) is 0.333. The van der Waals surface area contributed by atoms with Crippen molar-refractivity contribution in [2.75, 3.05) is 0 Å². The zero-order chi connectivity index (χ0) is 21.9. The van der Waals surface area contributed by atoms with Gasteiger partial charge in [0.1, 0.15) is 5.75 Å². The Labute approximate surface area is 182 Å². The van der Waals surface area contributed by atoms with Crippen molar-refractivity contribution in [3.63, 3.8) is 0 Å². The molecule has 0 bridgehead atoms. The molecule has 0 saturated heterocycles. The van der Waals surface area contributed by atoms with Gasteiger partial charge in [0, 0.05) is 4.90 Å². The first-order chi connectivity index (χ1) is 14.1. The van der Waals surface area contributed by atoms with Crippen molar-refractivity contribution in [2.45, 2.75) is 63.0 Å². The van der Waals surface area contributed by atoms with Gasteiger partial charge in [-0.1, -0.05) is 47.7 Å². The first-order valence-electron chi connectivity index (χ1n) is 9.93. The highest BCUT2D eigenvalue weighted by atomic mass is 32.2. The van der Waals surface area contributed by atoms with Gasteiger partial charge in [0.05, 0.1) is 16.1 Å². The summed E-state index contributed by atoms with van der Waals surface area (Å²) < 4.78 is 13.4. The third kappa shape index (κ3) is 5.25. The SMILES string of the molecule is Cc1ccc(Sc2c(C)nn(C(C)(C)C)c2OC(=O)[C@@H](C)Oc2ccccc2)cc1. The van der Waals surface area contributed by atoms with Gasteiger partial charge in [-0.15, -0.1) is 0 Å². The Kier molecular flexibility index (Phi) is 6.56. The molecule has 1 heterocycles. The minimum Gasteiger partial charge on any atom is -0.479 e. The van der Waals surface area contributed by atoms with Crippen LogP contribution in [-0.2, 0) is 10.3 Å². The van der Waals surface area contributed by atoms with Gasteiger partial charge in [0.15, 0.2) is 6.10 Å². The van der Waals surface area contributed by atoms with Gasteiger partial charge < -0.3 is 9.47 Å². The third-order valence-electron chi connectivity index (χ3n) is 4.43. The number of aromatic nitrogens is 2. The van der Waals surface area contributed by atoms with Crippen molar-refractivity contribution in [1.82, 2.24) is 9.78 Å². The Hall–Kier alpha value is -2.73. The molecular weight excluding hydrogens is 396 g/mol. The average Bonchev–Trinajstić information content (AvgIpc) is 3.00. The van der Waals surface area contributed by atoms with E-state index in [-0.39, 0.29) is 5.54 Å². The predicted octanol–water partition coefficient (Wildman–Crippen LogP) is 5.78. The van der Waals surface area contributed by atoms with Crippen molar-refractivity contribution < 1.29 is 14.3 Å². The Morgan fingerprint density at radius 1 is 1.03 bits per heavy atom. The van der Waals surface area contributed by atoms with Crippen molar-refractivity contribution >= 4 is 17.7 Å². The molecule has 0 unspecified atom stereocenters. The maximum absolute atomic E-state index is 12.9. The highest BCUT2D eigenvalue weighted by Crippen LogP contribution is 2.40. The van der Waals surface area contributed by atoms with Gasteiger partial charge in [-0.05, 0) is 65.8 Å². The number of rotatable bonds is 6. The molecule has 0 amide bonds. The van der Waals surface area contributed by atoms with Crippen molar-refractivity contribution in [2.24, 2.45) is 0 Å². The summed E-state index contributed by atoms with van der Waals surface area (Å²) in [6.07, 6.45) is -0.756. The molecule has 0 saturated carbocycles. The molecule has 0 aliphatic rings. The highest BCUT2D eigenvalue weighted by Gasteiger charge is 2.29. The lowest BCUT2D eigenvalue weighted by atomic mass is 10.1. The number of ether oxygens (including phenoxy) is 2. The Bertz CT molecular complexity index is 1010. The first-order valence-corrected chi connectivity index (χ1v) is 10.7. The molecule has 1 aromatic heterocycles. The quantitative estimate of drug-likeness (QED) is 0.470. The summed E-state index contributed by atoms with van der Waals surface area (Å²) in [5.74, 6) is 0.603. The zero-order valence-corrected chi connectivity index (χ0v) is 19.1. The maximum atomic E-state index is 12.9. The third-order valence-corrected chi connectivity index (χ3v) is 5.61. The molecule has 0 aliphatic carbocycles. The van der Waals surface area contributed by atoms with E-state index in [0.29, 0.717) is 11.6 Å². The van der Waals surface area contributed by atoms with Gasteiger partial charge in [-0.3, -0.25) is 0 Å². The number of benzene rings is 2. The zero-order valence-electron chi connectivity index (χ0n) is 18.3. The van der Waals surface area contributed by atoms with E-state index in [0.717, 1.165) is 15.5 Å². The minimum atomic E-state index is -0.756. The van der Waals surface area contributed by atoms with Crippen LogP contribution in [0.4, 0.5) is 0 Å². The lowest BCUT2D eigenvalue weighted by molar-refractivity contribution is -0.142. The number of hydrogen-bond donors (Lipinski definition) is 0. The number of para-hydroxylation sites is 1. The fourth-order valence-corrected chi connectivity index (χ4v) is 3.72. The lowest BCUT2D eigenvalue weighted by Crippen LogP contribution is -2.31. The van der Waals surface area contributed by atoms with Crippen molar-refractivity contribution in [3.05, 3.63) is 65.9 Å². The maximum Gasteiger partial charge on any atom is 0.353 e. The number of aryl methyl sites for hydroxylation is 2. The Morgan fingerprint density at radius 3 is 2.27 bits per heavy atom. The summed E-state index contributed by atoms with van der Waals surface area (Å²) in [5, 5.41) is 4.67. The molecule has 0 spiro atoms. The molecule has 3 rings (SSSR count). The molecule has 158 valence electrons. The number of nitrogens with zero attached hydrogens (tertiary/aromatic N) is 2. The molecule has 0 aliphatic heterocycles. The number of carbonyl (C=O) groups is 1.